The van der Waals surface area contributed by atoms with Crippen LogP contribution in [-0.4, -0.2) is 18.4 Å². The van der Waals surface area contributed by atoms with E-state index in [-0.39, 0.29) is 15.8 Å². The second kappa shape index (κ2) is 4.04. The van der Waals surface area contributed by atoms with E-state index in [0.717, 1.165) is 0 Å². The molecule has 0 aliphatic rings. The topological polar surface area (TPSA) is 80.7 Å². The van der Waals surface area contributed by atoms with Crippen molar-refractivity contribution in [3.63, 3.8) is 0 Å². The Kier molecular flexibility index (Phi) is 3.27. The molecule has 1 N–H and O–H groups in total. The third-order valence-electron chi connectivity index (χ3n) is 2.17. The van der Waals surface area contributed by atoms with Gasteiger partial charge in [-0.05, 0) is 45.0 Å². The molecule has 0 bridgehead atoms. The van der Waals surface area contributed by atoms with Gasteiger partial charge in [0.05, 0.1) is 15.3 Å². The SMILES string of the molecule is CC(C)(C)S(=O)(=O)c1ccc(N([O-])O)cc1. The Balaban J connectivity index is 3.18. The van der Waals surface area contributed by atoms with E-state index in [0.29, 0.717) is 0 Å². The smallest absolute Gasteiger partial charge is 0.183 e. The number of anilines is 1. The fraction of sp³-hybridized carbons (Fsp3) is 0.400. The molecule has 0 radical (unpaired) electrons. The molecule has 0 spiro atoms. The predicted molar refractivity (Wildman–Crippen MR) is 61.0 cm³/mol. The molecule has 1 aromatic carbocycles. The summed E-state index contributed by atoms with van der Waals surface area (Å²) in [6, 6.07) is 5.12. The lowest BCUT2D eigenvalue weighted by molar-refractivity contribution is 0.296. The average molecular weight is 244 g/mol. The molecular weight excluding hydrogens is 230 g/mol. The summed E-state index contributed by atoms with van der Waals surface area (Å²) in [7, 11) is -3.42. The monoisotopic (exact) mass is 244 g/mol. The molecule has 5 nitrogen and oxygen atoms in total. The first-order valence-corrected chi connectivity index (χ1v) is 6.15. The summed E-state index contributed by atoms with van der Waals surface area (Å²) < 4.78 is 23.1. The van der Waals surface area contributed by atoms with Crippen LogP contribution in [0.1, 0.15) is 20.8 Å². The van der Waals surface area contributed by atoms with Gasteiger partial charge in [0, 0.05) is 0 Å². The normalized spacial score (nSPS) is 12.6. The van der Waals surface area contributed by atoms with Crippen LogP contribution in [0.25, 0.3) is 0 Å². The molecule has 16 heavy (non-hydrogen) atoms. The Morgan fingerprint density at radius 3 is 1.94 bits per heavy atom. The van der Waals surface area contributed by atoms with Crippen molar-refractivity contribution in [3.05, 3.63) is 29.5 Å². The van der Waals surface area contributed by atoms with Crippen LogP contribution in [0.5, 0.6) is 0 Å². The Morgan fingerprint density at radius 2 is 1.62 bits per heavy atom. The molecule has 0 aliphatic heterocycles. The minimum atomic E-state index is -3.42. The highest BCUT2D eigenvalue weighted by Gasteiger charge is 2.30. The van der Waals surface area contributed by atoms with Gasteiger partial charge >= 0.3 is 0 Å². The van der Waals surface area contributed by atoms with Crippen molar-refractivity contribution in [2.24, 2.45) is 0 Å². The second-order valence-corrected chi connectivity index (χ2v) is 7.09. The van der Waals surface area contributed by atoms with Gasteiger partial charge in [-0.25, -0.2) is 8.42 Å². The highest BCUT2D eigenvalue weighted by Crippen LogP contribution is 2.26. The Bertz CT molecular complexity index is 457. The molecule has 0 saturated heterocycles. The van der Waals surface area contributed by atoms with E-state index >= 15 is 0 Å². The summed E-state index contributed by atoms with van der Waals surface area (Å²) in [6.07, 6.45) is 0. The van der Waals surface area contributed by atoms with Gasteiger partial charge in [-0.1, -0.05) is 0 Å². The standard InChI is InChI=1S/C10H14NO4S/c1-10(2,3)16(14,15)9-6-4-8(5-7-9)11(12)13/h4-7,12H,1-3H3/q-1. The minimum Gasteiger partial charge on any atom is -0.733 e. The molecule has 0 aliphatic carbocycles. The second-order valence-electron chi connectivity index (χ2n) is 4.38. The van der Waals surface area contributed by atoms with E-state index in [2.05, 4.69) is 0 Å². The largest absolute Gasteiger partial charge is 0.733 e. The lowest BCUT2D eigenvalue weighted by Crippen LogP contribution is -2.27. The number of rotatable bonds is 2. The third-order valence-corrected chi connectivity index (χ3v) is 4.68. The van der Waals surface area contributed by atoms with Crippen molar-refractivity contribution in [1.29, 1.82) is 0 Å². The van der Waals surface area contributed by atoms with Crippen LogP contribution >= 0.6 is 0 Å². The molecule has 1 rings (SSSR count). The number of benzene rings is 1. The van der Waals surface area contributed by atoms with E-state index in [1.54, 1.807) is 20.8 Å². The van der Waals surface area contributed by atoms with Gasteiger partial charge in [0.2, 0.25) is 0 Å². The maximum absolute atomic E-state index is 12.0. The van der Waals surface area contributed by atoms with Crippen LogP contribution < -0.4 is 5.23 Å². The Morgan fingerprint density at radius 1 is 1.19 bits per heavy atom. The highest BCUT2D eigenvalue weighted by molar-refractivity contribution is 7.92. The van der Waals surface area contributed by atoms with E-state index in [1.165, 1.54) is 24.3 Å². The van der Waals surface area contributed by atoms with Gasteiger partial charge in [-0.2, -0.15) is 0 Å². The van der Waals surface area contributed by atoms with Gasteiger partial charge in [0.15, 0.2) is 9.84 Å². The zero-order chi connectivity index (χ0) is 12.6. The lowest BCUT2D eigenvalue weighted by Gasteiger charge is -2.23. The van der Waals surface area contributed by atoms with E-state index < -0.39 is 14.6 Å². The van der Waals surface area contributed by atoms with Crippen LogP contribution in [0.4, 0.5) is 5.69 Å². The minimum absolute atomic E-state index is 0.00661. The Labute approximate surface area is 94.8 Å². The van der Waals surface area contributed by atoms with Gasteiger partial charge in [-0.15, -0.1) is 0 Å². The number of nitrogens with zero attached hydrogens (tertiary/aromatic N) is 1. The molecule has 90 valence electrons. The van der Waals surface area contributed by atoms with Crippen LogP contribution in [0.2, 0.25) is 0 Å². The van der Waals surface area contributed by atoms with Crippen molar-refractivity contribution in [2.75, 3.05) is 5.23 Å². The summed E-state index contributed by atoms with van der Waals surface area (Å²) in [5, 5.41) is 18.8. The van der Waals surface area contributed by atoms with Crippen LogP contribution in [-0.2, 0) is 9.84 Å². The zero-order valence-corrected chi connectivity index (χ0v) is 10.2. The fourth-order valence-corrected chi connectivity index (χ4v) is 2.31. The first-order chi connectivity index (χ1) is 7.16. The summed E-state index contributed by atoms with van der Waals surface area (Å²) in [5.74, 6) is 0. The molecule has 6 heteroatoms. The molecule has 1 aromatic rings. The molecule has 0 atom stereocenters. The van der Waals surface area contributed by atoms with Gasteiger partial charge in [0.1, 0.15) is 0 Å². The lowest BCUT2D eigenvalue weighted by atomic mass is 10.3. The van der Waals surface area contributed by atoms with E-state index in [1.807, 2.05) is 0 Å². The maximum Gasteiger partial charge on any atom is 0.183 e. The first-order valence-electron chi connectivity index (χ1n) is 4.67. The summed E-state index contributed by atoms with van der Waals surface area (Å²) in [4.78, 5) is 0.130. The van der Waals surface area contributed by atoms with E-state index in [4.69, 9.17) is 5.21 Å². The number of sulfone groups is 1. The Hall–Kier alpha value is -1.11. The van der Waals surface area contributed by atoms with Gasteiger partial charge in [0.25, 0.3) is 0 Å². The maximum atomic E-state index is 12.0. The number of hydrogen-bond acceptors (Lipinski definition) is 5. The fourth-order valence-electron chi connectivity index (χ4n) is 1.11. The molecular formula is C10H14NO4S-. The van der Waals surface area contributed by atoms with E-state index in [9.17, 15) is 13.6 Å². The van der Waals surface area contributed by atoms with Crippen LogP contribution in [0, 0.1) is 5.21 Å². The van der Waals surface area contributed by atoms with Crippen molar-refractivity contribution < 1.29 is 13.6 Å². The third kappa shape index (κ3) is 2.34. The molecule has 0 aromatic heterocycles. The average Bonchev–Trinajstić information content (AvgIpc) is 2.16. The first kappa shape index (κ1) is 13.0. The highest BCUT2D eigenvalue weighted by atomic mass is 32.2. The van der Waals surface area contributed by atoms with Crippen molar-refractivity contribution in [1.82, 2.24) is 0 Å². The molecule has 0 amide bonds. The number of hydrogen-bond donors (Lipinski definition) is 1. The van der Waals surface area contributed by atoms with Crippen molar-refractivity contribution in [2.45, 2.75) is 30.4 Å². The molecule has 0 unspecified atom stereocenters. The van der Waals surface area contributed by atoms with Gasteiger partial charge in [-0.3, -0.25) is 5.21 Å². The molecule has 0 heterocycles. The van der Waals surface area contributed by atoms with Crippen LogP contribution in [0.15, 0.2) is 29.2 Å². The van der Waals surface area contributed by atoms with Gasteiger partial charge < -0.3 is 10.4 Å². The van der Waals surface area contributed by atoms with Crippen molar-refractivity contribution >= 4 is 15.5 Å². The van der Waals surface area contributed by atoms with Crippen molar-refractivity contribution in [3.8, 4) is 0 Å². The summed E-state index contributed by atoms with van der Waals surface area (Å²) >= 11 is 0. The molecule has 0 saturated carbocycles. The quantitative estimate of drug-likeness (QED) is 0.804. The summed E-state index contributed by atoms with van der Waals surface area (Å²) in [5.41, 5.74) is -0.00661. The predicted octanol–water partition coefficient (Wildman–Crippen LogP) is 1.95. The summed E-state index contributed by atoms with van der Waals surface area (Å²) in [6.45, 7) is 4.80. The van der Waals surface area contributed by atoms with Crippen LogP contribution in [0.3, 0.4) is 0 Å². The zero-order valence-electron chi connectivity index (χ0n) is 9.34. The molecule has 0 fully saturated rings.